The van der Waals surface area contributed by atoms with Gasteiger partial charge in [-0.05, 0) is 48.9 Å². The van der Waals surface area contributed by atoms with E-state index in [1.165, 1.54) is 12.8 Å². The van der Waals surface area contributed by atoms with Crippen LogP contribution < -0.4 is 0 Å². The summed E-state index contributed by atoms with van der Waals surface area (Å²) >= 11 is 0. The molecule has 0 aromatic heterocycles. The number of fused-ring (bicyclic) bond motifs is 1. The van der Waals surface area contributed by atoms with E-state index in [0.29, 0.717) is 29.8 Å². The van der Waals surface area contributed by atoms with Crippen LogP contribution in [0.1, 0.15) is 46.0 Å². The fourth-order valence-corrected chi connectivity index (χ4v) is 4.25. The summed E-state index contributed by atoms with van der Waals surface area (Å²) in [6, 6.07) is 0. The summed E-state index contributed by atoms with van der Waals surface area (Å²) in [5.41, 5.74) is 0.291. The monoisotopic (exact) mass is 212 g/mol. The van der Waals surface area contributed by atoms with Crippen molar-refractivity contribution in [3.8, 4) is 0 Å². The molecule has 0 saturated heterocycles. The Kier molecular flexibility index (Phi) is 3.09. The van der Waals surface area contributed by atoms with Crippen molar-refractivity contribution in [2.24, 2.45) is 23.2 Å². The second-order valence-corrected chi connectivity index (χ2v) is 5.92. The summed E-state index contributed by atoms with van der Waals surface area (Å²) in [6.07, 6.45) is 5.65. The van der Waals surface area contributed by atoms with Crippen LogP contribution in [0.3, 0.4) is 0 Å². The summed E-state index contributed by atoms with van der Waals surface area (Å²) in [5, 5.41) is 19.4. The third-order valence-corrected chi connectivity index (χ3v) is 5.14. The lowest BCUT2D eigenvalue weighted by Crippen LogP contribution is -2.41. The average Bonchev–Trinajstić information content (AvgIpc) is 2.56. The van der Waals surface area contributed by atoms with Gasteiger partial charge < -0.3 is 10.2 Å². The number of hydrogen-bond donors (Lipinski definition) is 2. The fraction of sp³-hybridized carbons (Fsp3) is 1.00. The number of aliphatic hydroxyl groups is 2. The molecule has 2 fully saturated rings. The second-order valence-electron chi connectivity index (χ2n) is 5.92. The van der Waals surface area contributed by atoms with Gasteiger partial charge in [0.05, 0.1) is 6.10 Å². The Morgan fingerprint density at radius 1 is 1.33 bits per heavy atom. The van der Waals surface area contributed by atoms with Gasteiger partial charge in [-0.1, -0.05) is 20.3 Å². The summed E-state index contributed by atoms with van der Waals surface area (Å²) in [7, 11) is 0. The van der Waals surface area contributed by atoms with Gasteiger partial charge in [0.15, 0.2) is 0 Å². The Hall–Kier alpha value is -0.0800. The molecule has 2 aliphatic carbocycles. The van der Waals surface area contributed by atoms with E-state index in [1.807, 2.05) is 0 Å². The zero-order valence-corrected chi connectivity index (χ0v) is 9.95. The van der Waals surface area contributed by atoms with Crippen molar-refractivity contribution in [3.05, 3.63) is 0 Å². The molecule has 0 heterocycles. The van der Waals surface area contributed by atoms with Crippen molar-refractivity contribution in [2.75, 3.05) is 6.61 Å². The molecule has 0 aliphatic heterocycles. The van der Waals surface area contributed by atoms with Crippen molar-refractivity contribution in [3.63, 3.8) is 0 Å². The lowest BCUT2D eigenvalue weighted by atomic mass is 9.62. The average molecular weight is 212 g/mol. The third kappa shape index (κ3) is 1.72. The molecule has 2 heteroatoms. The minimum atomic E-state index is -0.0837. The van der Waals surface area contributed by atoms with Gasteiger partial charge in [-0.2, -0.15) is 0 Å². The van der Waals surface area contributed by atoms with Gasteiger partial charge in [0.25, 0.3) is 0 Å². The lowest BCUT2D eigenvalue weighted by molar-refractivity contribution is -0.0321. The van der Waals surface area contributed by atoms with Gasteiger partial charge in [0.2, 0.25) is 0 Å². The van der Waals surface area contributed by atoms with Gasteiger partial charge in [0, 0.05) is 6.61 Å². The Balaban J connectivity index is 2.17. The van der Waals surface area contributed by atoms with Crippen molar-refractivity contribution in [1.82, 2.24) is 0 Å². The highest BCUT2D eigenvalue weighted by atomic mass is 16.3. The first-order valence-electron chi connectivity index (χ1n) is 6.38. The molecule has 0 aromatic carbocycles. The standard InChI is InChI=1S/C13H24O2/c1-9(8-14)10-5-6-11-12(15)4-3-7-13(10,11)2/h9-12,14-15H,3-8H2,1-2H3/t9-,10?,11?,12+,13-/m1/s1. The summed E-state index contributed by atoms with van der Waals surface area (Å²) < 4.78 is 0. The molecule has 0 bridgehead atoms. The van der Waals surface area contributed by atoms with Crippen LogP contribution in [0.5, 0.6) is 0 Å². The van der Waals surface area contributed by atoms with Crippen molar-refractivity contribution in [2.45, 2.75) is 52.1 Å². The van der Waals surface area contributed by atoms with E-state index in [1.54, 1.807) is 0 Å². The van der Waals surface area contributed by atoms with E-state index in [9.17, 15) is 10.2 Å². The van der Waals surface area contributed by atoms with E-state index >= 15 is 0 Å². The molecule has 0 radical (unpaired) electrons. The van der Waals surface area contributed by atoms with Crippen LogP contribution >= 0.6 is 0 Å². The van der Waals surface area contributed by atoms with Gasteiger partial charge in [-0.25, -0.2) is 0 Å². The molecule has 15 heavy (non-hydrogen) atoms. The quantitative estimate of drug-likeness (QED) is 0.736. The zero-order chi connectivity index (χ0) is 11.1. The Labute approximate surface area is 92.7 Å². The Morgan fingerprint density at radius 3 is 2.73 bits per heavy atom. The van der Waals surface area contributed by atoms with Crippen LogP contribution in [0.2, 0.25) is 0 Å². The van der Waals surface area contributed by atoms with E-state index in [2.05, 4.69) is 13.8 Å². The molecule has 2 saturated carbocycles. The van der Waals surface area contributed by atoms with E-state index in [4.69, 9.17) is 0 Å². The molecule has 2 N–H and O–H groups in total. The molecule has 2 aliphatic rings. The molecule has 0 aromatic rings. The van der Waals surface area contributed by atoms with E-state index < -0.39 is 0 Å². The molecule has 0 amide bonds. The molecule has 0 spiro atoms. The van der Waals surface area contributed by atoms with Crippen molar-refractivity contribution >= 4 is 0 Å². The molecule has 2 unspecified atom stereocenters. The molecule has 2 rings (SSSR count). The van der Waals surface area contributed by atoms with Gasteiger partial charge >= 0.3 is 0 Å². The summed E-state index contributed by atoms with van der Waals surface area (Å²) in [6.45, 7) is 4.78. The molecular weight excluding hydrogens is 188 g/mol. The lowest BCUT2D eigenvalue weighted by Gasteiger charge is -2.45. The predicted octanol–water partition coefficient (Wildman–Crippen LogP) is 2.19. The maximum Gasteiger partial charge on any atom is 0.0573 e. The molecule has 88 valence electrons. The highest BCUT2D eigenvalue weighted by Gasteiger charge is 2.51. The summed E-state index contributed by atoms with van der Waals surface area (Å²) in [5.74, 6) is 1.50. The van der Waals surface area contributed by atoms with Crippen LogP contribution in [0, 0.1) is 23.2 Å². The fourth-order valence-electron chi connectivity index (χ4n) is 4.25. The highest BCUT2D eigenvalue weighted by Crippen LogP contribution is 2.57. The first-order chi connectivity index (χ1) is 7.09. The van der Waals surface area contributed by atoms with Crippen LogP contribution in [-0.4, -0.2) is 22.9 Å². The largest absolute Gasteiger partial charge is 0.396 e. The minimum Gasteiger partial charge on any atom is -0.396 e. The first-order valence-corrected chi connectivity index (χ1v) is 6.38. The van der Waals surface area contributed by atoms with Crippen LogP contribution in [-0.2, 0) is 0 Å². The molecule has 2 nitrogen and oxygen atoms in total. The minimum absolute atomic E-state index is 0.0837. The topological polar surface area (TPSA) is 40.5 Å². The summed E-state index contributed by atoms with van der Waals surface area (Å²) in [4.78, 5) is 0. The Morgan fingerprint density at radius 2 is 2.07 bits per heavy atom. The molecular formula is C13H24O2. The van der Waals surface area contributed by atoms with Crippen LogP contribution in [0.4, 0.5) is 0 Å². The Bertz CT molecular complexity index is 229. The van der Waals surface area contributed by atoms with Crippen LogP contribution in [0.15, 0.2) is 0 Å². The van der Waals surface area contributed by atoms with Gasteiger partial charge in [-0.3, -0.25) is 0 Å². The number of aliphatic hydroxyl groups excluding tert-OH is 2. The molecule has 5 atom stereocenters. The number of rotatable bonds is 2. The van der Waals surface area contributed by atoms with Crippen molar-refractivity contribution in [1.29, 1.82) is 0 Å². The third-order valence-electron chi connectivity index (χ3n) is 5.14. The SMILES string of the molecule is C[C@H](CO)C1CCC2[C@@H](O)CCC[C@]12C. The van der Waals surface area contributed by atoms with E-state index in [-0.39, 0.29) is 6.10 Å². The first kappa shape index (κ1) is 11.4. The van der Waals surface area contributed by atoms with Crippen molar-refractivity contribution < 1.29 is 10.2 Å². The van der Waals surface area contributed by atoms with E-state index in [0.717, 1.165) is 19.3 Å². The highest BCUT2D eigenvalue weighted by molar-refractivity contribution is 5.01. The van der Waals surface area contributed by atoms with Gasteiger partial charge in [-0.15, -0.1) is 0 Å². The normalized spacial score (nSPS) is 47.6. The predicted molar refractivity (Wildman–Crippen MR) is 60.4 cm³/mol. The van der Waals surface area contributed by atoms with Gasteiger partial charge in [0.1, 0.15) is 0 Å². The number of hydrogen-bond acceptors (Lipinski definition) is 2. The second kappa shape index (κ2) is 4.06. The maximum atomic E-state index is 10.1. The smallest absolute Gasteiger partial charge is 0.0573 e. The van der Waals surface area contributed by atoms with Crippen LogP contribution in [0.25, 0.3) is 0 Å². The zero-order valence-electron chi connectivity index (χ0n) is 9.95. The maximum absolute atomic E-state index is 10.1.